The zero-order valence-corrected chi connectivity index (χ0v) is 19.9. The number of nitrogens with zero attached hydrogens (tertiary/aromatic N) is 3. The van der Waals surface area contributed by atoms with Gasteiger partial charge in [0.15, 0.2) is 5.16 Å². The van der Waals surface area contributed by atoms with E-state index in [9.17, 15) is 9.59 Å². The zero-order chi connectivity index (χ0) is 22.2. The molecule has 8 nitrogen and oxygen atoms in total. The first-order chi connectivity index (χ1) is 15.5. The lowest BCUT2D eigenvalue weighted by Crippen LogP contribution is -2.20. The van der Waals surface area contributed by atoms with Crippen molar-refractivity contribution in [2.75, 3.05) is 17.7 Å². The fourth-order valence-electron chi connectivity index (χ4n) is 4.61. The van der Waals surface area contributed by atoms with Crippen LogP contribution in [0, 0.1) is 5.92 Å². The molecule has 2 unspecified atom stereocenters. The van der Waals surface area contributed by atoms with Crippen molar-refractivity contribution in [1.82, 2.24) is 14.8 Å². The fraction of sp³-hybridized carbons (Fsp3) is 0.636. The van der Waals surface area contributed by atoms with E-state index < -0.39 is 5.91 Å². The molecule has 5 rings (SSSR count). The Kier molecular flexibility index (Phi) is 6.26. The number of nitrogens with two attached hydrogens (primary N) is 1. The number of rotatable bonds is 8. The van der Waals surface area contributed by atoms with Gasteiger partial charge in [-0.05, 0) is 56.4 Å². The molecule has 0 spiro atoms. The maximum atomic E-state index is 12.8. The number of amides is 2. The number of carbonyl (C=O) groups excluding carboxylic acids is 2. The molecule has 2 aliphatic carbocycles. The first-order valence-electron chi connectivity index (χ1n) is 11.4. The van der Waals surface area contributed by atoms with Crippen molar-refractivity contribution < 1.29 is 14.3 Å². The minimum absolute atomic E-state index is 0.163. The maximum absolute atomic E-state index is 12.8. The largest absolute Gasteiger partial charge is 0.376 e. The lowest BCUT2D eigenvalue weighted by atomic mass is 9.88. The van der Waals surface area contributed by atoms with Gasteiger partial charge in [-0.1, -0.05) is 18.7 Å². The summed E-state index contributed by atoms with van der Waals surface area (Å²) in [6.45, 7) is 3.76. The Hall–Kier alpha value is -1.91. The SMILES string of the molecule is CC1CCc2c(sc(NC(=O)CSc3nnc(C4CC4)n3CC3CCCO3)c2C(N)=O)C1. The van der Waals surface area contributed by atoms with E-state index in [0.717, 1.165) is 74.6 Å². The Morgan fingerprint density at radius 3 is 2.84 bits per heavy atom. The van der Waals surface area contributed by atoms with Crippen LogP contribution in [0.3, 0.4) is 0 Å². The number of hydrogen-bond acceptors (Lipinski definition) is 7. The van der Waals surface area contributed by atoms with Gasteiger partial charge in [-0.2, -0.15) is 0 Å². The number of nitrogens with one attached hydrogen (secondary N) is 1. The Morgan fingerprint density at radius 2 is 2.12 bits per heavy atom. The van der Waals surface area contributed by atoms with Crippen LogP contribution in [0.15, 0.2) is 5.16 Å². The fourth-order valence-corrected chi connectivity index (χ4v) is 6.79. The molecule has 2 fully saturated rings. The van der Waals surface area contributed by atoms with Crippen LogP contribution in [-0.2, 0) is 28.9 Å². The molecule has 32 heavy (non-hydrogen) atoms. The van der Waals surface area contributed by atoms with E-state index in [1.165, 1.54) is 28.0 Å². The zero-order valence-electron chi connectivity index (χ0n) is 18.3. The van der Waals surface area contributed by atoms with Crippen LogP contribution in [-0.4, -0.2) is 45.0 Å². The number of carbonyl (C=O) groups is 2. The van der Waals surface area contributed by atoms with E-state index >= 15 is 0 Å². The second kappa shape index (κ2) is 9.15. The molecule has 0 radical (unpaired) electrons. The molecule has 1 aliphatic heterocycles. The molecular weight excluding hydrogens is 446 g/mol. The highest BCUT2D eigenvalue weighted by Gasteiger charge is 2.32. The van der Waals surface area contributed by atoms with Crippen LogP contribution in [0.1, 0.15) is 71.6 Å². The summed E-state index contributed by atoms with van der Waals surface area (Å²) >= 11 is 2.88. The third kappa shape index (κ3) is 4.58. The Balaban J connectivity index is 1.27. The van der Waals surface area contributed by atoms with E-state index in [0.29, 0.717) is 22.4 Å². The van der Waals surface area contributed by atoms with Crippen molar-refractivity contribution in [2.45, 2.75) is 75.6 Å². The number of thiophene rings is 1. The van der Waals surface area contributed by atoms with Gasteiger partial charge in [0.05, 0.1) is 24.0 Å². The molecule has 2 aromatic heterocycles. The standard InChI is InChI=1S/C22H29N5O3S2/c1-12-4-7-15-16(9-12)32-21(18(15)19(23)29)24-17(28)11-31-22-26-25-20(13-5-6-13)27(22)10-14-3-2-8-30-14/h12-14H,2-11H2,1H3,(H2,23,29)(H,24,28). The predicted octanol–water partition coefficient (Wildman–Crippen LogP) is 3.35. The molecule has 1 saturated heterocycles. The van der Waals surface area contributed by atoms with Crippen molar-refractivity contribution in [3.8, 4) is 0 Å². The van der Waals surface area contributed by atoms with E-state index in [2.05, 4.69) is 27.0 Å². The number of anilines is 1. The molecule has 2 atom stereocenters. The third-order valence-corrected chi connectivity index (χ3v) is 8.58. The van der Waals surface area contributed by atoms with Gasteiger partial charge in [0.25, 0.3) is 5.91 Å². The van der Waals surface area contributed by atoms with Crippen molar-refractivity contribution in [1.29, 1.82) is 0 Å². The van der Waals surface area contributed by atoms with Gasteiger partial charge in [-0.25, -0.2) is 0 Å². The molecule has 10 heteroatoms. The lowest BCUT2D eigenvalue weighted by molar-refractivity contribution is -0.113. The van der Waals surface area contributed by atoms with E-state index in [1.54, 1.807) is 0 Å². The number of hydrogen-bond donors (Lipinski definition) is 2. The summed E-state index contributed by atoms with van der Waals surface area (Å²) in [4.78, 5) is 26.1. The predicted molar refractivity (Wildman–Crippen MR) is 124 cm³/mol. The van der Waals surface area contributed by atoms with Crippen LogP contribution in [0.4, 0.5) is 5.00 Å². The van der Waals surface area contributed by atoms with E-state index in [1.807, 2.05) is 0 Å². The quantitative estimate of drug-likeness (QED) is 0.566. The smallest absolute Gasteiger partial charge is 0.251 e. The number of ether oxygens (including phenoxy) is 1. The molecular formula is C22H29N5O3S2. The average molecular weight is 476 g/mol. The molecule has 3 N–H and O–H groups in total. The van der Waals surface area contributed by atoms with Crippen LogP contribution < -0.4 is 11.1 Å². The lowest BCUT2D eigenvalue weighted by Gasteiger charge is -2.18. The average Bonchev–Trinajstić information content (AvgIpc) is 3.16. The van der Waals surface area contributed by atoms with E-state index in [-0.39, 0.29) is 17.8 Å². The van der Waals surface area contributed by atoms with Crippen molar-refractivity contribution >= 4 is 39.9 Å². The summed E-state index contributed by atoms with van der Waals surface area (Å²) in [6.07, 6.45) is 7.42. The van der Waals surface area contributed by atoms with Crippen LogP contribution in [0.2, 0.25) is 0 Å². The summed E-state index contributed by atoms with van der Waals surface area (Å²) in [7, 11) is 0. The second-order valence-electron chi connectivity index (χ2n) is 9.12. The van der Waals surface area contributed by atoms with E-state index in [4.69, 9.17) is 10.5 Å². The maximum Gasteiger partial charge on any atom is 0.251 e. The normalized spacial score (nSPS) is 22.7. The molecule has 2 amide bonds. The molecule has 1 saturated carbocycles. The number of fused-ring (bicyclic) bond motifs is 1. The van der Waals surface area contributed by atoms with Gasteiger partial charge in [-0.15, -0.1) is 21.5 Å². The molecule has 0 bridgehead atoms. The number of thioether (sulfide) groups is 1. The Bertz CT molecular complexity index is 1020. The van der Waals surface area contributed by atoms with Gasteiger partial charge < -0.3 is 20.4 Å². The summed E-state index contributed by atoms with van der Waals surface area (Å²) in [5, 5.41) is 13.1. The minimum Gasteiger partial charge on any atom is -0.376 e. The minimum atomic E-state index is -0.467. The van der Waals surface area contributed by atoms with Crippen LogP contribution >= 0.6 is 23.1 Å². The summed E-state index contributed by atoms with van der Waals surface area (Å²) in [5.74, 6) is 1.64. The van der Waals surface area contributed by atoms with Crippen molar-refractivity contribution in [3.05, 3.63) is 21.8 Å². The van der Waals surface area contributed by atoms with Gasteiger partial charge in [-0.3, -0.25) is 9.59 Å². The number of aromatic nitrogens is 3. The van der Waals surface area contributed by atoms with Crippen LogP contribution in [0.5, 0.6) is 0 Å². The van der Waals surface area contributed by atoms with Gasteiger partial charge >= 0.3 is 0 Å². The first-order valence-corrected chi connectivity index (χ1v) is 13.2. The highest BCUT2D eigenvalue weighted by molar-refractivity contribution is 7.99. The van der Waals surface area contributed by atoms with Gasteiger partial charge in [0, 0.05) is 17.4 Å². The molecule has 3 aliphatic rings. The van der Waals surface area contributed by atoms with Gasteiger partial charge in [0.1, 0.15) is 10.8 Å². The Morgan fingerprint density at radius 1 is 1.28 bits per heavy atom. The van der Waals surface area contributed by atoms with Crippen molar-refractivity contribution in [3.63, 3.8) is 0 Å². The summed E-state index contributed by atoms with van der Waals surface area (Å²) < 4.78 is 7.96. The monoisotopic (exact) mass is 475 g/mol. The topological polar surface area (TPSA) is 112 Å². The number of primary amides is 1. The summed E-state index contributed by atoms with van der Waals surface area (Å²) in [6, 6.07) is 0. The Labute approximate surface area is 195 Å². The van der Waals surface area contributed by atoms with Crippen LogP contribution in [0.25, 0.3) is 0 Å². The molecule has 3 heterocycles. The highest BCUT2D eigenvalue weighted by atomic mass is 32.2. The molecule has 2 aromatic rings. The third-order valence-electron chi connectivity index (χ3n) is 6.44. The molecule has 172 valence electrons. The molecule has 0 aromatic carbocycles. The first kappa shape index (κ1) is 21.9. The van der Waals surface area contributed by atoms with Crippen molar-refractivity contribution in [2.24, 2.45) is 11.7 Å². The second-order valence-corrected chi connectivity index (χ2v) is 11.2. The van der Waals surface area contributed by atoms with Gasteiger partial charge in [0.2, 0.25) is 5.91 Å². The summed E-state index contributed by atoms with van der Waals surface area (Å²) in [5.41, 5.74) is 7.19. The highest BCUT2D eigenvalue weighted by Crippen LogP contribution is 2.41.